The van der Waals surface area contributed by atoms with E-state index < -0.39 is 0 Å². The Labute approximate surface area is 99.2 Å². The number of aromatic nitrogens is 2. The third-order valence-electron chi connectivity index (χ3n) is 2.00. The van der Waals surface area contributed by atoms with Gasteiger partial charge in [0.05, 0.1) is 0 Å². The molecule has 0 aliphatic rings. The fraction of sp³-hybridized carbons (Fsp3) is 0.182. The minimum atomic E-state index is -0.300. The van der Waals surface area contributed by atoms with Gasteiger partial charge < -0.3 is 0 Å². The summed E-state index contributed by atoms with van der Waals surface area (Å²) in [6, 6.07) is 9.56. The van der Waals surface area contributed by atoms with Gasteiger partial charge in [-0.2, -0.15) is 0 Å². The number of esters is 1. The number of nitrogens with zero attached hydrogens (tertiary/aromatic N) is 2. The molecule has 2 rings (SSSR count). The van der Waals surface area contributed by atoms with Crippen molar-refractivity contribution < 1.29 is 9.53 Å². The van der Waals surface area contributed by atoms with Gasteiger partial charge >= 0.3 is 99.0 Å². The average molecular weight is 281 g/mol. The Kier molecular flexibility index (Phi) is 3.49. The van der Waals surface area contributed by atoms with Crippen LogP contribution in [0.2, 0.25) is 0 Å². The molecule has 0 saturated heterocycles. The van der Waals surface area contributed by atoms with E-state index in [1.807, 2.05) is 30.3 Å². The van der Waals surface area contributed by atoms with Crippen LogP contribution in [0.1, 0.15) is 16.2 Å². The van der Waals surface area contributed by atoms with Crippen molar-refractivity contribution in [3.8, 4) is 11.3 Å². The second kappa shape index (κ2) is 5.05. The van der Waals surface area contributed by atoms with Gasteiger partial charge in [0.1, 0.15) is 0 Å². The fourth-order valence-corrected chi connectivity index (χ4v) is 2.53. The molecule has 0 radical (unpaired) electrons. The molecule has 0 aliphatic heterocycles. The summed E-state index contributed by atoms with van der Waals surface area (Å²) in [5.41, 5.74) is 1.56. The summed E-state index contributed by atoms with van der Waals surface area (Å²) in [5.74, 6) is -0.300. The van der Waals surface area contributed by atoms with Crippen molar-refractivity contribution in [2.24, 2.45) is 0 Å². The standard InChI is InChI=1S/C11H10N2O2Se/c1-2-15-11(14)10-9(12-13-16-10)8-6-4-3-5-7-8/h3-7H,2H2,1H3. The van der Waals surface area contributed by atoms with Crippen LogP contribution in [0.3, 0.4) is 0 Å². The van der Waals surface area contributed by atoms with E-state index in [4.69, 9.17) is 4.74 Å². The Hall–Kier alpha value is -1.45. The molecule has 1 aromatic carbocycles. The first-order valence-electron chi connectivity index (χ1n) is 4.88. The van der Waals surface area contributed by atoms with Crippen LogP contribution in [0.25, 0.3) is 11.3 Å². The molecule has 0 bridgehead atoms. The van der Waals surface area contributed by atoms with Crippen LogP contribution in [-0.4, -0.2) is 36.5 Å². The van der Waals surface area contributed by atoms with Crippen molar-refractivity contribution in [1.82, 2.24) is 9.19 Å². The molecule has 0 atom stereocenters. The molecule has 4 nitrogen and oxygen atoms in total. The SMILES string of the molecule is CCOC(=O)c1[se]nnc1-c1ccccc1. The molecule has 0 saturated carbocycles. The summed E-state index contributed by atoms with van der Waals surface area (Å²) >= 11 is -0.253. The number of carbonyl (C=O) groups is 1. The molecule has 82 valence electrons. The minimum absolute atomic E-state index is 0.253. The molecule has 0 unspecified atom stereocenters. The van der Waals surface area contributed by atoms with Crippen LogP contribution in [-0.2, 0) is 4.74 Å². The van der Waals surface area contributed by atoms with Gasteiger partial charge in [0, 0.05) is 0 Å². The second-order valence-electron chi connectivity index (χ2n) is 3.04. The number of hydrogen-bond donors (Lipinski definition) is 0. The molecule has 0 amide bonds. The van der Waals surface area contributed by atoms with Gasteiger partial charge in [-0.1, -0.05) is 0 Å². The molecule has 0 N–H and O–H groups in total. The summed E-state index contributed by atoms with van der Waals surface area (Å²) in [6.07, 6.45) is 0. The zero-order chi connectivity index (χ0) is 11.4. The second-order valence-corrected chi connectivity index (χ2v) is 4.62. The summed E-state index contributed by atoms with van der Waals surface area (Å²) in [6.45, 7) is 2.16. The summed E-state index contributed by atoms with van der Waals surface area (Å²) in [4.78, 5) is 11.6. The third-order valence-corrected chi connectivity index (χ3v) is 3.48. The summed E-state index contributed by atoms with van der Waals surface area (Å²) in [5, 5.41) is 4.02. The summed E-state index contributed by atoms with van der Waals surface area (Å²) < 4.78 is 9.51. The van der Waals surface area contributed by atoms with Crippen LogP contribution in [0.4, 0.5) is 0 Å². The normalized spacial score (nSPS) is 10.1. The van der Waals surface area contributed by atoms with Gasteiger partial charge in [-0.25, -0.2) is 0 Å². The molecule has 1 aromatic heterocycles. The monoisotopic (exact) mass is 282 g/mol. The van der Waals surface area contributed by atoms with Crippen LogP contribution in [0.5, 0.6) is 0 Å². The first-order chi connectivity index (χ1) is 7.83. The zero-order valence-electron chi connectivity index (χ0n) is 8.71. The van der Waals surface area contributed by atoms with Gasteiger partial charge in [-0.05, 0) is 0 Å². The number of benzene rings is 1. The van der Waals surface area contributed by atoms with Crippen molar-refractivity contribution in [3.63, 3.8) is 0 Å². The predicted octanol–water partition coefficient (Wildman–Crippen LogP) is 1.38. The summed E-state index contributed by atoms with van der Waals surface area (Å²) in [7, 11) is 0. The molecule has 2 aromatic rings. The molecule has 16 heavy (non-hydrogen) atoms. The Bertz CT molecular complexity index is 482. The average Bonchev–Trinajstić information content (AvgIpc) is 2.79. The Morgan fingerprint density at radius 2 is 2.12 bits per heavy atom. The van der Waals surface area contributed by atoms with Crippen molar-refractivity contribution in [2.75, 3.05) is 6.61 Å². The topological polar surface area (TPSA) is 52.1 Å². The van der Waals surface area contributed by atoms with E-state index in [9.17, 15) is 4.79 Å². The number of hydrogen-bond acceptors (Lipinski definition) is 4. The van der Waals surface area contributed by atoms with Crippen LogP contribution in [0, 0.1) is 0 Å². The Balaban J connectivity index is 2.37. The molecular formula is C11H10N2O2Se. The van der Waals surface area contributed by atoms with E-state index in [-0.39, 0.29) is 20.7 Å². The first-order valence-corrected chi connectivity index (χ1v) is 6.50. The Morgan fingerprint density at radius 3 is 2.81 bits per heavy atom. The van der Waals surface area contributed by atoms with Gasteiger partial charge in [0.15, 0.2) is 0 Å². The van der Waals surface area contributed by atoms with Crippen LogP contribution < -0.4 is 0 Å². The van der Waals surface area contributed by atoms with Crippen molar-refractivity contribution in [2.45, 2.75) is 6.92 Å². The number of rotatable bonds is 3. The van der Waals surface area contributed by atoms with Crippen LogP contribution in [0.15, 0.2) is 30.3 Å². The maximum atomic E-state index is 11.6. The molecular weight excluding hydrogens is 271 g/mol. The molecule has 0 fully saturated rings. The molecule has 5 heteroatoms. The van der Waals surface area contributed by atoms with Crippen LogP contribution >= 0.6 is 0 Å². The Morgan fingerprint density at radius 1 is 1.38 bits per heavy atom. The van der Waals surface area contributed by atoms with Crippen molar-refractivity contribution in [1.29, 1.82) is 0 Å². The van der Waals surface area contributed by atoms with E-state index >= 15 is 0 Å². The van der Waals surface area contributed by atoms with Crippen molar-refractivity contribution in [3.05, 3.63) is 34.8 Å². The fourth-order valence-electron chi connectivity index (χ4n) is 1.31. The van der Waals surface area contributed by atoms with Gasteiger partial charge in [-0.3, -0.25) is 0 Å². The van der Waals surface area contributed by atoms with Gasteiger partial charge in [0.25, 0.3) is 0 Å². The number of ether oxygens (including phenoxy) is 1. The van der Waals surface area contributed by atoms with E-state index in [0.29, 0.717) is 16.7 Å². The third kappa shape index (κ3) is 2.21. The molecule has 0 spiro atoms. The zero-order valence-corrected chi connectivity index (χ0v) is 10.4. The maximum absolute atomic E-state index is 11.6. The van der Waals surface area contributed by atoms with E-state index in [0.717, 1.165) is 5.56 Å². The number of carbonyl (C=O) groups excluding carboxylic acids is 1. The quantitative estimate of drug-likeness (QED) is 0.630. The van der Waals surface area contributed by atoms with Gasteiger partial charge in [0.2, 0.25) is 0 Å². The van der Waals surface area contributed by atoms with E-state index in [2.05, 4.69) is 9.19 Å². The molecule has 0 aliphatic carbocycles. The van der Waals surface area contributed by atoms with Gasteiger partial charge in [-0.15, -0.1) is 0 Å². The van der Waals surface area contributed by atoms with E-state index in [1.165, 1.54) is 0 Å². The first kappa shape index (κ1) is 11.0. The van der Waals surface area contributed by atoms with Crippen molar-refractivity contribution >= 4 is 20.7 Å². The van der Waals surface area contributed by atoms with E-state index in [1.54, 1.807) is 6.92 Å². The molecule has 1 heterocycles. The predicted molar refractivity (Wildman–Crippen MR) is 60.4 cm³/mol.